The van der Waals surface area contributed by atoms with Crippen molar-refractivity contribution in [2.24, 2.45) is 0 Å². The zero-order chi connectivity index (χ0) is 11.4. The van der Waals surface area contributed by atoms with E-state index in [1.54, 1.807) is 7.11 Å². The fourth-order valence-corrected chi connectivity index (χ4v) is 5.09. The SMILES string of the molecule is COP(=O)(c1ccccc1)C1CCCCC1. The van der Waals surface area contributed by atoms with Gasteiger partial charge in [0.2, 0.25) is 7.37 Å². The van der Waals surface area contributed by atoms with Crippen LogP contribution in [-0.4, -0.2) is 12.8 Å². The molecule has 0 aromatic heterocycles. The van der Waals surface area contributed by atoms with Crippen LogP contribution in [0, 0.1) is 0 Å². The highest BCUT2D eigenvalue weighted by molar-refractivity contribution is 7.67. The Morgan fingerprint density at radius 3 is 2.31 bits per heavy atom. The summed E-state index contributed by atoms with van der Waals surface area (Å²) in [6.07, 6.45) is 5.73. The molecule has 1 saturated carbocycles. The first kappa shape index (κ1) is 11.9. The second-order valence-corrected chi connectivity index (χ2v) is 7.21. The van der Waals surface area contributed by atoms with Gasteiger partial charge in [0.05, 0.1) is 0 Å². The number of benzene rings is 1. The van der Waals surface area contributed by atoms with E-state index in [2.05, 4.69) is 0 Å². The van der Waals surface area contributed by atoms with Crippen molar-refractivity contribution in [2.45, 2.75) is 37.8 Å². The molecule has 0 spiro atoms. The Bertz CT molecular complexity index is 369. The normalized spacial score (nSPS) is 21.6. The fourth-order valence-electron chi connectivity index (χ4n) is 2.52. The van der Waals surface area contributed by atoms with E-state index in [1.807, 2.05) is 30.3 Å². The molecule has 0 amide bonds. The molecule has 0 radical (unpaired) electrons. The van der Waals surface area contributed by atoms with E-state index in [0.717, 1.165) is 18.1 Å². The standard InChI is InChI=1S/C13H19O2P/c1-15-16(14,12-8-4-2-5-9-12)13-10-6-3-7-11-13/h2,4-5,8-9,13H,3,6-7,10-11H2,1H3. The molecule has 0 bridgehead atoms. The third-order valence-corrected chi connectivity index (χ3v) is 6.48. The van der Waals surface area contributed by atoms with Gasteiger partial charge in [0.1, 0.15) is 0 Å². The topological polar surface area (TPSA) is 26.3 Å². The Labute approximate surface area is 97.5 Å². The lowest BCUT2D eigenvalue weighted by Crippen LogP contribution is -2.21. The van der Waals surface area contributed by atoms with Crippen LogP contribution in [0.4, 0.5) is 0 Å². The van der Waals surface area contributed by atoms with Crippen LogP contribution in [0.15, 0.2) is 30.3 Å². The monoisotopic (exact) mass is 238 g/mol. The van der Waals surface area contributed by atoms with E-state index < -0.39 is 7.37 Å². The van der Waals surface area contributed by atoms with Crippen LogP contribution in [0.2, 0.25) is 0 Å². The minimum Gasteiger partial charge on any atom is -0.328 e. The number of hydrogen-bond donors (Lipinski definition) is 0. The van der Waals surface area contributed by atoms with Crippen molar-refractivity contribution in [1.29, 1.82) is 0 Å². The minimum atomic E-state index is -2.63. The van der Waals surface area contributed by atoms with Crippen molar-refractivity contribution < 1.29 is 9.09 Å². The van der Waals surface area contributed by atoms with Crippen LogP contribution in [0.25, 0.3) is 0 Å². The average molecular weight is 238 g/mol. The van der Waals surface area contributed by atoms with Gasteiger partial charge in [-0.25, -0.2) is 0 Å². The van der Waals surface area contributed by atoms with Gasteiger partial charge in [-0.3, -0.25) is 4.57 Å². The summed E-state index contributed by atoms with van der Waals surface area (Å²) in [6, 6.07) is 9.68. The summed E-state index contributed by atoms with van der Waals surface area (Å²) in [4.78, 5) is 0. The van der Waals surface area contributed by atoms with Crippen LogP contribution in [0.5, 0.6) is 0 Å². The summed E-state index contributed by atoms with van der Waals surface area (Å²) in [6.45, 7) is 0. The van der Waals surface area contributed by atoms with Gasteiger partial charge in [-0.1, -0.05) is 37.5 Å². The third kappa shape index (κ3) is 2.23. The second kappa shape index (κ2) is 5.16. The first-order chi connectivity index (χ1) is 7.77. The molecule has 16 heavy (non-hydrogen) atoms. The summed E-state index contributed by atoms with van der Waals surface area (Å²) in [5.41, 5.74) is 0.230. The molecule has 0 saturated heterocycles. The van der Waals surface area contributed by atoms with Gasteiger partial charge in [0, 0.05) is 18.1 Å². The maximum atomic E-state index is 12.9. The fraction of sp³-hybridized carbons (Fsp3) is 0.538. The second-order valence-electron chi connectivity index (χ2n) is 4.41. The van der Waals surface area contributed by atoms with Gasteiger partial charge in [-0.05, 0) is 25.0 Å². The van der Waals surface area contributed by atoms with E-state index in [-0.39, 0.29) is 5.66 Å². The quantitative estimate of drug-likeness (QED) is 0.752. The van der Waals surface area contributed by atoms with E-state index >= 15 is 0 Å². The Morgan fingerprint density at radius 1 is 1.12 bits per heavy atom. The van der Waals surface area contributed by atoms with E-state index in [0.29, 0.717) is 0 Å². The molecular weight excluding hydrogens is 219 g/mol. The molecule has 0 heterocycles. The summed E-state index contributed by atoms with van der Waals surface area (Å²) >= 11 is 0. The molecule has 2 rings (SSSR count). The largest absolute Gasteiger partial charge is 0.328 e. The van der Waals surface area contributed by atoms with Gasteiger partial charge in [0.25, 0.3) is 0 Å². The van der Waals surface area contributed by atoms with Gasteiger partial charge in [-0.2, -0.15) is 0 Å². The molecule has 1 aromatic rings. The van der Waals surface area contributed by atoms with Crippen LogP contribution >= 0.6 is 7.37 Å². The molecule has 0 N–H and O–H groups in total. The van der Waals surface area contributed by atoms with E-state index in [9.17, 15) is 4.57 Å². The molecule has 1 fully saturated rings. The van der Waals surface area contributed by atoms with Crippen LogP contribution in [-0.2, 0) is 9.09 Å². The molecule has 88 valence electrons. The lowest BCUT2D eigenvalue weighted by molar-refractivity contribution is 0.373. The van der Waals surface area contributed by atoms with Crippen LogP contribution in [0.3, 0.4) is 0 Å². The smallest absolute Gasteiger partial charge is 0.234 e. The Hall–Kier alpha value is -0.590. The van der Waals surface area contributed by atoms with Crippen LogP contribution < -0.4 is 5.30 Å². The Morgan fingerprint density at radius 2 is 1.75 bits per heavy atom. The van der Waals surface area contributed by atoms with Crippen molar-refractivity contribution in [3.05, 3.63) is 30.3 Å². The minimum absolute atomic E-state index is 0.230. The van der Waals surface area contributed by atoms with Crippen molar-refractivity contribution >= 4 is 12.7 Å². The van der Waals surface area contributed by atoms with Crippen molar-refractivity contribution in [1.82, 2.24) is 0 Å². The lowest BCUT2D eigenvalue weighted by atomic mass is 10.0. The van der Waals surface area contributed by atoms with Crippen LogP contribution in [0.1, 0.15) is 32.1 Å². The van der Waals surface area contributed by atoms with Crippen molar-refractivity contribution in [2.75, 3.05) is 7.11 Å². The molecule has 1 aromatic carbocycles. The average Bonchev–Trinajstić information content (AvgIpc) is 2.40. The van der Waals surface area contributed by atoms with E-state index in [1.165, 1.54) is 19.3 Å². The summed E-state index contributed by atoms with van der Waals surface area (Å²) < 4.78 is 18.3. The highest BCUT2D eigenvalue weighted by Crippen LogP contribution is 2.54. The first-order valence-corrected chi connectivity index (χ1v) is 7.68. The molecule has 1 atom stereocenters. The molecule has 0 aliphatic heterocycles. The summed E-state index contributed by atoms with van der Waals surface area (Å²) in [5.74, 6) is 0. The molecule has 2 nitrogen and oxygen atoms in total. The maximum absolute atomic E-state index is 12.9. The van der Waals surface area contributed by atoms with E-state index in [4.69, 9.17) is 4.52 Å². The lowest BCUT2D eigenvalue weighted by Gasteiger charge is -2.29. The third-order valence-electron chi connectivity index (χ3n) is 3.44. The highest BCUT2D eigenvalue weighted by Gasteiger charge is 2.35. The predicted octanol–water partition coefficient (Wildman–Crippen LogP) is 3.57. The Balaban J connectivity index is 2.28. The molecule has 1 aliphatic carbocycles. The number of rotatable bonds is 3. The predicted molar refractivity (Wildman–Crippen MR) is 67.6 cm³/mol. The molecular formula is C13H19O2P. The zero-order valence-corrected chi connectivity index (χ0v) is 10.7. The van der Waals surface area contributed by atoms with Gasteiger partial charge >= 0.3 is 0 Å². The van der Waals surface area contributed by atoms with Gasteiger partial charge in [-0.15, -0.1) is 0 Å². The number of hydrogen-bond acceptors (Lipinski definition) is 2. The molecule has 1 unspecified atom stereocenters. The summed E-state index contributed by atoms with van der Waals surface area (Å²) in [7, 11) is -1.04. The highest BCUT2D eigenvalue weighted by atomic mass is 31.2. The Kier molecular flexibility index (Phi) is 3.83. The zero-order valence-electron chi connectivity index (χ0n) is 9.76. The summed E-state index contributed by atoms with van der Waals surface area (Å²) in [5, 5.41) is 0.879. The van der Waals surface area contributed by atoms with Crippen molar-refractivity contribution in [3.8, 4) is 0 Å². The van der Waals surface area contributed by atoms with Crippen molar-refractivity contribution in [3.63, 3.8) is 0 Å². The molecule has 3 heteroatoms. The van der Waals surface area contributed by atoms with Gasteiger partial charge in [0.15, 0.2) is 0 Å². The van der Waals surface area contributed by atoms with Gasteiger partial charge < -0.3 is 4.52 Å². The molecule has 1 aliphatic rings. The first-order valence-electron chi connectivity index (χ1n) is 5.98. The maximum Gasteiger partial charge on any atom is 0.234 e.